The van der Waals surface area contributed by atoms with Crippen molar-refractivity contribution in [2.24, 2.45) is 0 Å². The summed E-state index contributed by atoms with van der Waals surface area (Å²) in [6, 6.07) is 5.86. The molecule has 0 unspecified atom stereocenters. The van der Waals surface area contributed by atoms with Crippen LogP contribution in [0.15, 0.2) is 35.2 Å². The lowest BCUT2D eigenvalue weighted by molar-refractivity contribution is -0.385. The fraction of sp³-hybridized carbons (Fsp3) is 0.143. The Kier molecular flexibility index (Phi) is 4.61. The molecule has 0 saturated carbocycles. The molecule has 10 nitrogen and oxygen atoms in total. The summed E-state index contributed by atoms with van der Waals surface area (Å²) in [6.45, 7) is 3.05. The monoisotopic (exact) mass is 366 g/mol. The number of hydrogen-bond donors (Lipinski definition) is 2. The third-order valence-electron chi connectivity index (χ3n) is 3.63. The van der Waals surface area contributed by atoms with Gasteiger partial charge in [0.05, 0.1) is 20.4 Å². The first-order valence-corrected chi connectivity index (χ1v) is 8.34. The lowest BCUT2D eigenvalue weighted by atomic mass is 10.1. The van der Waals surface area contributed by atoms with Gasteiger partial charge in [-0.2, -0.15) is 0 Å². The number of nitrogen functional groups attached to an aromatic ring is 1. The molecule has 0 fully saturated rings. The molecule has 0 spiro atoms. The molecule has 0 amide bonds. The van der Waals surface area contributed by atoms with E-state index in [1.165, 1.54) is 25.1 Å². The lowest BCUT2D eigenvalue weighted by Crippen LogP contribution is -2.16. The van der Waals surface area contributed by atoms with Gasteiger partial charge in [0.25, 0.3) is 21.4 Å². The minimum Gasteiger partial charge on any atom is -0.391 e. The molecule has 2 rings (SSSR count). The van der Waals surface area contributed by atoms with E-state index in [9.17, 15) is 28.6 Å². The second kappa shape index (κ2) is 6.36. The van der Waals surface area contributed by atoms with Gasteiger partial charge in [0.2, 0.25) is 0 Å². The van der Waals surface area contributed by atoms with Gasteiger partial charge in [-0.1, -0.05) is 6.07 Å². The molecular weight excluding hydrogens is 352 g/mol. The summed E-state index contributed by atoms with van der Waals surface area (Å²) >= 11 is 0. The van der Waals surface area contributed by atoms with Gasteiger partial charge in [-0.25, -0.2) is 8.42 Å². The van der Waals surface area contributed by atoms with E-state index in [1.54, 1.807) is 6.92 Å². The molecule has 0 aromatic heterocycles. The van der Waals surface area contributed by atoms with Crippen molar-refractivity contribution in [3.63, 3.8) is 0 Å². The second-order valence-electron chi connectivity index (χ2n) is 5.24. The van der Waals surface area contributed by atoms with E-state index >= 15 is 0 Å². The quantitative estimate of drug-likeness (QED) is 0.467. The van der Waals surface area contributed by atoms with E-state index in [-0.39, 0.29) is 22.0 Å². The van der Waals surface area contributed by atoms with E-state index in [1.807, 2.05) is 0 Å². The van der Waals surface area contributed by atoms with Gasteiger partial charge < -0.3 is 5.73 Å². The second-order valence-corrected chi connectivity index (χ2v) is 6.89. The molecule has 3 N–H and O–H groups in total. The Morgan fingerprint density at radius 3 is 2.28 bits per heavy atom. The summed E-state index contributed by atoms with van der Waals surface area (Å²) in [5.41, 5.74) is 5.01. The summed E-state index contributed by atoms with van der Waals surface area (Å²) in [5.74, 6) is 0. The molecular formula is C14H14N4O6S. The van der Waals surface area contributed by atoms with Crippen molar-refractivity contribution in [2.45, 2.75) is 18.7 Å². The first kappa shape index (κ1) is 18.1. The Labute approximate surface area is 142 Å². The number of non-ortho nitro benzene ring substituents is 1. The number of nitro benzene ring substituents is 2. The highest BCUT2D eigenvalue weighted by atomic mass is 32.2. The van der Waals surface area contributed by atoms with Crippen molar-refractivity contribution in [1.82, 2.24) is 0 Å². The molecule has 2 aromatic carbocycles. The van der Waals surface area contributed by atoms with E-state index in [4.69, 9.17) is 5.73 Å². The van der Waals surface area contributed by atoms with Crippen LogP contribution in [0.1, 0.15) is 11.1 Å². The Hall–Kier alpha value is -3.21. The predicted molar refractivity (Wildman–Crippen MR) is 90.9 cm³/mol. The number of nitrogens with zero attached hydrogens (tertiary/aromatic N) is 2. The van der Waals surface area contributed by atoms with Crippen LogP contribution in [-0.4, -0.2) is 18.3 Å². The zero-order valence-electron chi connectivity index (χ0n) is 13.2. The van der Waals surface area contributed by atoms with Gasteiger partial charge in [-0.05, 0) is 31.0 Å². The smallest absolute Gasteiger partial charge is 0.294 e. The highest BCUT2D eigenvalue weighted by Crippen LogP contribution is 2.32. The number of rotatable bonds is 5. The van der Waals surface area contributed by atoms with Crippen LogP contribution in [-0.2, 0) is 10.0 Å². The van der Waals surface area contributed by atoms with E-state index in [0.717, 1.165) is 12.1 Å². The molecule has 0 aliphatic carbocycles. The molecule has 0 aliphatic heterocycles. The summed E-state index contributed by atoms with van der Waals surface area (Å²) in [6.07, 6.45) is 0. The van der Waals surface area contributed by atoms with Gasteiger partial charge in [0.15, 0.2) is 0 Å². The number of nitrogens with one attached hydrogen (secondary N) is 1. The fourth-order valence-corrected chi connectivity index (χ4v) is 3.61. The third-order valence-corrected chi connectivity index (χ3v) is 5.12. The van der Waals surface area contributed by atoms with Crippen LogP contribution in [0.5, 0.6) is 0 Å². The molecule has 0 saturated heterocycles. The topological polar surface area (TPSA) is 158 Å². The van der Waals surface area contributed by atoms with Crippen LogP contribution >= 0.6 is 0 Å². The van der Waals surface area contributed by atoms with Gasteiger partial charge in [-0.3, -0.25) is 25.0 Å². The third kappa shape index (κ3) is 3.50. The summed E-state index contributed by atoms with van der Waals surface area (Å²) in [7, 11) is -4.24. The first-order chi connectivity index (χ1) is 11.5. The highest BCUT2D eigenvalue weighted by molar-refractivity contribution is 7.92. The average Bonchev–Trinajstić information content (AvgIpc) is 2.51. The van der Waals surface area contributed by atoms with Gasteiger partial charge in [0.1, 0.15) is 5.69 Å². The van der Waals surface area contributed by atoms with Crippen molar-refractivity contribution < 1.29 is 18.3 Å². The number of nitro groups is 2. The van der Waals surface area contributed by atoms with Crippen molar-refractivity contribution in [3.8, 4) is 0 Å². The standard InChI is InChI=1S/C14H14N4O6S/c1-8-6-10(17(19)20)7-13(9(8)2)25(23,24)16-11-4-3-5-12(14(11)15)18(21)22/h3-7,16H,15H2,1-2H3. The van der Waals surface area contributed by atoms with E-state index in [0.29, 0.717) is 11.1 Å². The lowest BCUT2D eigenvalue weighted by Gasteiger charge is -2.13. The highest BCUT2D eigenvalue weighted by Gasteiger charge is 2.24. The maximum absolute atomic E-state index is 12.6. The van der Waals surface area contributed by atoms with Gasteiger partial charge in [0, 0.05) is 18.2 Å². The number of hydrogen-bond acceptors (Lipinski definition) is 7. The Balaban J connectivity index is 2.57. The molecule has 0 atom stereocenters. The number of sulfonamides is 1. The SMILES string of the molecule is Cc1cc([N+](=O)[O-])cc(S(=O)(=O)Nc2cccc([N+](=O)[O-])c2N)c1C. The molecule has 25 heavy (non-hydrogen) atoms. The predicted octanol–water partition coefficient (Wildman–Crippen LogP) is 2.50. The van der Waals surface area contributed by atoms with Crippen molar-refractivity contribution in [3.05, 3.63) is 61.7 Å². The molecule has 2 aromatic rings. The summed E-state index contributed by atoms with van der Waals surface area (Å²) in [5, 5.41) is 21.9. The van der Waals surface area contributed by atoms with Gasteiger partial charge in [-0.15, -0.1) is 0 Å². The number of nitrogens with two attached hydrogens (primary N) is 1. The summed E-state index contributed by atoms with van der Waals surface area (Å²) < 4.78 is 27.4. The van der Waals surface area contributed by atoms with Gasteiger partial charge >= 0.3 is 0 Å². The van der Waals surface area contributed by atoms with Crippen LogP contribution in [0.2, 0.25) is 0 Å². The maximum Gasteiger partial charge on any atom is 0.294 e. The largest absolute Gasteiger partial charge is 0.391 e. The minimum atomic E-state index is -4.24. The molecule has 11 heteroatoms. The summed E-state index contributed by atoms with van der Waals surface area (Å²) in [4.78, 5) is 20.1. The number of para-hydroxylation sites is 1. The van der Waals surface area contributed by atoms with Crippen LogP contribution in [0, 0.1) is 34.1 Å². The van der Waals surface area contributed by atoms with E-state index in [2.05, 4.69) is 4.72 Å². The molecule has 132 valence electrons. The molecule has 0 aliphatic rings. The molecule has 0 heterocycles. The Morgan fingerprint density at radius 1 is 1.08 bits per heavy atom. The van der Waals surface area contributed by atoms with Crippen LogP contribution < -0.4 is 10.5 Å². The zero-order chi connectivity index (χ0) is 18.9. The fourth-order valence-electron chi connectivity index (χ4n) is 2.19. The number of aryl methyl sites for hydroxylation is 1. The number of anilines is 2. The normalized spacial score (nSPS) is 11.1. The van der Waals surface area contributed by atoms with Crippen LogP contribution in [0.25, 0.3) is 0 Å². The maximum atomic E-state index is 12.6. The zero-order valence-corrected chi connectivity index (χ0v) is 14.0. The minimum absolute atomic E-state index is 0.183. The number of benzene rings is 2. The van der Waals surface area contributed by atoms with Crippen molar-refractivity contribution in [2.75, 3.05) is 10.5 Å². The first-order valence-electron chi connectivity index (χ1n) is 6.86. The van der Waals surface area contributed by atoms with E-state index < -0.39 is 25.6 Å². The van der Waals surface area contributed by atoms with Crippen molar-refractivity contribution in [1.29, 1.82) is 0 Å². The average molecular weight is 366 g/mol. The van der Waals surface area contributed by atoms with Crippen molar-refractivity contribution >= 4 is 32.8 Å². The Morgan fingerprint density at radius 2 is 1.72 bits per heavy atom. The molecule has 0 bridgehead atoms. The Bertz CT molecular complexity index is 987. The van der Waals surface area contributed by atoms with Crippen LogP contribution in [0.4, 0.5) is 22.7 Å². The van der Waals surface area contributed by atoms with Crippen LogP contribution in [0.3, 0.4) is 0 Å². The molecule has 0 radical (unpaired) electrons.